The summed E-state index contributed by atoms with van der Waals surface area (Å²) in [6.45, 7) is 1.86. The van der Waals surface area contributed by atoms with Gasteiger partial charge in [-0.1, -0.05) is 0 Å². The van der Waals surface area contributed by atoms with Crippen molar-refractivity contribution in [1.29, 1.82) is 0 Å². The third-order valence-electron chi connectivity index (χ3n) is 2.78. The zero-order valence-electron chi connectivity index (χ0n) is 8.26. The Morgan fingerprint density at radius 2 is 2.40 bits per heavy atom. The minimum absolute atomic E-state index is 0.264. The van der Waals surface area contributed by atoms with Gasteiger partial charge in [0.15, 0.2) is 11.9 Å². The number of rotatable bonds is 1. The first kappa shape index (κ1) is 8.67. The summed E-state index contributed by atoms with van der Waals surface area (Å²) in [5, 5.41) is 0. The van der Waals surface area contributed by atoms with Gasteiger partial charge in [0, 0.05) is 25.3 Å². The maximum atomic E-state index is 5.88. The molecule has 78 valence electrons. The molecule has 0 bridgehead atoms. The van der Waals surface area contributed by atoms with E-state index in [2.05, 4.69) is 14.9 Å². The van der Waals surface area contributed by atoms with Gasteiger partial charge in [-0.3, -0.25) is 0 Å². The van der Waals surface area contributed by atoms with Crippen LogP contribution in [-0.2, 0) is 0 Å². The fourth-order valence-electron chi connectivity index (χ4n) is 2.02. The van der Waals surface area contributed by atoms with Crippen LogP contribution in [0.3, 0.4) is 0 Å². The maximum Gasteiger partial charge on any atom is 0.248 e. The number of aromatic nitrogens is 2. The van der Waals surface area contributed by atoms with Crippen LogP contribution in [0, 0.1) is 0 Å². The topological polar surface area (TPSA) is 68.2 Å². The third kappa shape index (κ3) is 1.35. The van der Waals surface area contributed by atoms with Gasteiger partial charge in [-0.25, -0.2) is 9.97 Å². The van der Waals surface area contributed by atoms with Crippen molar-refractivity contribution in [2.45, 2.75) is 12.5 Å². The summed E-state index contributed by atoms with van der Waals surface area (Å²) in [6, 6.07) is 2.23. The van der Waals surface area contributed by atoms with Crippen molar-refractivity contribution in [2.75, 3.05) is 18.0 Å². The van der Waals surface area contributed by atoms with Gasteiger partial charge in [0.25, 0.3) is 0 Å². The van der Waals surface area contributed by atoms with Gasteiger partial charge >= 0.3 is 0 Å². The molecule has 1 saturated heterocycles. The van der Waals surface area contributed by atoms with Gasteiger partial charge in [0.05, 0.1) is 5.69 Å². The van der Waals surface area contributed by atoms with Crippen LogP contribution in [-0.4, -0.2) is 29.1 Å². The Balaban J connectivity index is 2.06. The molecule has 2 N–H and O–H groups in total. The monoisotopic (exact) mass is 204 g/mol. The minimum Gasteiger partial charge on any atom is -0.425 e. The molecular weight excluding hydrogens is 192 g/mol. The smallest absolute Gasteiger partial charge is 0.248 e. The van der Waals surface area contributed by atoms with Crippen molar-refractivity contribution >= 4 is 16.9 Å². The average molecular weight is 204 g/mol. The van der Waals surface area contributed by atoms with Crippen molar-refractivity contribution in [3.63, 3.8) is 0 Å². The molecule has 0 aromatic carbocycles. The molecule has 1 unspecified atom stereocenters. The number of nitrogens with two attached hydrogens (primary N) is 1. The summed E-state index contributed by atoms with van der Waals surface area (Å²) in [4.78, 5) is 10.5. The number of oxazole rings is 1. The molecule has 0 saturated carbocycles. The van der Waals surface area contributed by atoms with E-state index in [4.69, 9.17) is 10.2 Å². The van der Waals surface area contributed by atoms with Crippen LogP contribution < -0.4 is 10.6 Å². The Labute approximate surface area is 86.9 Å². The van der Waals surface area contributed by atoms with Crippen LogP contribution in [0.15, 0.2) is 23.1 Å². The lowest BCUT2D eigenvalue weighted by atomic mass is 10.3. The SMILES string of the molecule is NC1CCN(c2ccnc3ocnc23)C1. The molecule has 1 atom stereocenters. The summed E-state index contributed by atoms with van der Waals surface area (Å²) in [6.07, 6.45) is 4.20. The van der Waals surface area contributed by atoms with Crippen LogP contribution in [0.5, 0.6) is 0 Å². The molecule has 0 spiro atoms. The molecule has 1 fully saturated rings. The second kappa shape index (κ2) is 3.20. The van der Waals surface area contributed by atoms with E-state index < -0.39 is 0 Å². The highest BCUT2D eigenvalue weighted by Gasteiger charge is 2.21. The Morgan fingerprint density at radius 1 is 1.47 bits per heavy atom. The fourth-order valence-corrected chi connectivity index (χ4v) is 2.02. The Bertz CT molecular complexity index is 481. The molecule has 3 heterocycles. The normalized spacial score (nSPS) is 21.4. The van der Waals surface area contributed by atoms with E-state index in [1.54, 1.807) is 6.20 Å². The minimum atomic E-state index is 0.264. The van der Waals surface area contributed by atoms with E-state index in [0.717, 1.165) is 30.7 Å². The lowest BCUT2D eigenvalue weighted by Gasteiger charge is -2.17. The van der Waals surface area contributed by atoms with Crippen LogP contribution in [0.2, 0.25) is 0 Å². The Kier molecular flexibility index (Phi) is 1.85. The van der Waals surface area contributed by atoms with Crippen molar-refractivity contribution < 1.29 is 4.42 Å². The number of hydrogen-bond acceptors (Lipinski definition) is 5. The van der Waals surface area contributed by atoms with Crippen LogP contribution in [0.25, 0.3) is 11.2 Å². The molecule has 1 aliphatic rings. The van der Waals surface area contributed by atoms with E-state index >= 15 is 0 Å². The molecular formula is C10H12N4O. The van der Waals surface area contributed by atoms with Gasteiger partial charge in [-0.15, -0.1) is 0 Å². The number of anilines is 1. The molecule has 1 aliphatic heterocycles. The summed E-state index contributed by atoms with van der Waals surface area (Å²) in [5.74, 6) is 0. The highest BCUT2D eigenvalue weighted by molar-refractivity contribution is 5.84. The van der Waals surface area contributed by atoms with Crippen molar-refractivity contribution in [2.24, 2.45) is 5.73 Å². The Morgan fingerprint density at radius 3 is 3.20 bits per heavy atom. The average Bonchev–Trinajstić information content (AvgIpc) is 2.84. The fraction of sp³-hybridized carbons (Fsp3) is 0.400. The molecule has 2 aromatic rings. The third-order valence-corrected chi connectivity index (χ3v) is 2.78. The number of hydrogen-bond donors (Lipinski definition) is 1. The standard InChI is InChI=1S/C10H12N4O/c11-7-2-4-14(5-7)8-1-3-12-10-9(8)13-6-15-10/h1,3,6-7H,2,4-5,11H2. The highest BCUT2D eigenvalue weighted by atomic mass is 16.3. The second-order valence-electron chi connectivity index (χ2n) is 3.83. The maximum absolute atomic E-state index is 5.88. The van der Waals surface area contributed by atoms with Crippen LogP contribution >= 0.6 is 0 Å². The van der Waals surface area contributed by atoms with Gasteiger partial charge in [-0.2, -0.15) is 0 Å². The molecule has 0 radical (unpaired) electrons. The number of fused-ring (bicyclic) bond motifs is 1. The molecule has 2 aromatic heterocycles. The lowest BCUT2D eigenvalue weighted by Crippen LogP contribution is -2.26. The van der Waals surface area contributed by atoms with Gasteiger partial charge < -0.3 is 15.1 Å². The summed E-state index contributed by atoms with van der Waals surface area (Å²) in [5.41, 5.74) is 8.37. The molecule has 3 rings (SSSR count). The van der Waals surface area contributed by atoms with E-state index in [0.29, 0.717) is 5.71 Å². The summed E-state index contributed by atoms with van der Waals surface area (Å²) < 4.78 is 5.16. The van der Waals surface area contributed by atoms with E-state index in [9.17, 15) is 0 Å². The van der Waals surface area contributed by atoms with E-state index in [1.807, 2.05) is 6.07 Å². The number of pyridine rings is 1. The summed E-state index contributed by atoms with van der Waals surface area (Å²) in [7, 11) is 0. The lowest BCUT2D eigenvalue weighted by molar-refractivity contribution is 0.590. The van der Waals surface area contributed by atoms with Crippen LogP contribution in [0.4, 0.5) is 5.69 Å². The first-order valence-corrected chi connectivity index (χ1v) is 5.03. The van der Waals surface area contributed by atoms with Crippen molar-refractivity contribution in [1.82, 2.24) is 9.97 Å². The zero-order valence-corrected chi connectivity index (χ0v) is 8.26. The van der Waals surface area contributed by atoms with Gasteiger partial charge in [0.1, 0.15) is 0 Å². The molecule has 5 heteroatoms. The molecule has 5 nitrogen and oxygen atoms in total. The summed E-state index contributed by atoms with van der Waals surface area (Å²) >= 11 is 0. The highest BCUT2D eigenvalue weighted by Crippen LogP contribution is 2.26. The predicted molar refractivity (Wildman–Crippen MR) is 56.6 cm³/mol. The van der Waals surface area contributed by atoms with E-state index in [1.165, 1.54) is 6.39 Å². The largest absolute Gasteiger partial charge is 0.425 e. The molecule has 15 heavy (non-hydrogen) atoms. The Hall–Kier alpha value is -1.62. The molecule has 0 amide bonds. The second-order valence-corrected chi connectivity index (χ2v) is 3.83. The quantitative estimate of drug-likeness (QED) is 0.742. The first-order valence-electron chi connectivity index (χ1n) is 5.03. The van der Waals surface area contributed by atoms with Gasteiger partial charge in [0.2, 0.25) is 5.71 Å². The molecule has 0 aliphatic carbocycles. The van der Waals surface area contributed by atoms with Gasteiger partial charge in [-0.05, 0) is 12.5 Å². The van der Waals surface area contributed by atoms with Crippen LogP contribution in [0.1, 0.15) is 6.42 Å². The van der Waals surface area contributed by atoms with Crippen molar-refractivity contribution in [3.05, 3.63) is 18.7 Å². The zero-order chi connectivity index (χ0) is 10.3. The van der Waals surface area contributed by atoms with Crippen molar-refractivity contribution in [3.8, 4) is 0 Å². The first-order chi connectivity index (χ1) is 7.34. The number of nitrogens with zero attached hydrogens (tertiary/aromatic N) is 3. The predicted octanol–water partition coefficient (Wildman–Crippen LogP) is 0.760. The van der Waals surface area contributed by atoms with E-state index in [-0.39, 0.29) is 6.04 Å².